The molecule has 1 N–H and O–H groups in total. The Morgan fingerprint density at radius 2 is 1.38 bits per heavy atom. The van der Waals surface area contributed by atoms with E-state index in [2.05, 4.69) is 5.32 Å². The van der Waals surface area contributed by atoms with E-state index >= 15 is 0 Å². The van der Waals surface area contributed by atoms with E-state index in [1.807, 2.05) is 72.8 Å². The zero-order valence-corrected chi connectivity index (χ0v) is 22.1. The topological polar surface area (TPSA) is 96.0 Å². The van der Waals surface area contributed by atoms with E-state index in [-0.39, 0.29) is 32.1 Å². The number of amides is 2. The first-order valence-corrected chi connectivity index (χ1v) is 13.8. The van der Waals surface area contributed by atoms with Crippen LogP contribution < -0.4 is 10.1 Å². The van der Waals surface area contributed by atoms with Gasteiger partial charge in [-0.15, -0.1) is 0 Å². The highest BCUT2D eigenvalue weighted by Crippen LogP contribution is 2.15. The molecule has 0 aliphatic rings. The van der Waals surface area contributed by atoms with Crippen LogP contribution in [0.4, 0.5) is 0 Å². The standard InChI is InChI=1S/C28H33N3O5S/c1-22(28(33)29-18-23-14-16-26(36-2)17-15-23)31(20-25-12-8-5-9-13-25)27(32)21-30(37(3,34)35)19-24-10-6-4-7-11-24/h4-17,22H,18-21H2,1-3H3,(H,29,33)/t22-/m0/s1. The van der Waals surface area contributed by atoms with Crippen molar-refractivity contribution in [3.8, 4) is 5.75 Å². The molecule has 0 spiro atoms. The average Bonchev–Trinajstić information content (AvgIpc) is 2.90. The monoisotopic (exact) mass is 523 g/mol. The molecule has 1 atom stereocenters. The maximum atomic E-state index is 13.5. The molecule has 0 aliphatic heterocycles. The molecule has 2 amide bonds. The third kappa shape index (κ3) is 8.44. The molecule has 3 aromatic carbocycles. The van der Waals surface area contributed by atoms with Crippen LogP contribution in [0.1, 0.15) is 23.6 Å². The van der Waals surface area contributed by atoms with E-state index in [1.54, 1.807) is 26.2 Å². The van der Waals surface area contributed by atoms with Crippen LogP contribution in [-0.4, -0.2) is 55.4 Å². The van der Waals surface area contributed by atoms with Gasteiger partial charge in [-0.1, -0.05) is 72.8 Å². The van der Waals surface area contributed by atoms with E-state index < -0.39 is 22.0 Å². The third-order valence-electron chi connectivity index (χ3n) is 5.97. The number of hydrogen-bond acceptors (Lipinski definition) is 5. The van der Waals surface area contributed by atoms with Crippen LogP contribution in [0, 0.1) is 0 Å². The van der Waals surface area contributed by atoms with Crippen LogP contribution in [0.25, 0.3) is 0 Å². The number of methoxy groups -OCH3 is 1. The van der Waals surface area contributed by atoms with Gasteiger partial charge < -0.3 is 15.0 Å². The van der Waals surface area contributed by atoms with Gasteiger partial charge in [-0.3, -0.25) is 9.59 Å². The summed E-state index contributed by atoms with van der Waals surface area (Å²) in [5, 5.41) is 2.88. The molecule has 0 aromatic heterocycles. The third-order valence-corrected chi connectivity index (χ3v) is 7.17. The first kappa shape index (κ1) is 27.9. The summed E-state index contributed by atoms with van der Waals surface area (Å²) >= 11 is 0. The predicted molar refractivity (Wildman–Crippen MR) is 143 cm³/mol. The second-order valence-corrected chi connectivity index (χ2v) is 10.7. The maximum Gasteiger partial charge on any atom is 0.242 e. The molecule has 0 saturated heterocycles. The second kappa shape index (κ2) is 13.0. The summed E-state index contributed by atoms with van der Waals surface area (Å²) in [6.07, 6.45) is 1.08. The summed E-state index contributed by atoms with van der Waals surface area (Å²) in [4.78, 5) is 28.0. The Morgan fingerprint density at radius 1 is 0.838 bits per heavy atom. The number of rotatable bonds is 12. The van der Waals surface area contributed by atoms with E-state index in [1.165, 1.54) is 4.90 Å². The summed E-state index contributed by atoms with van der Waals surface area (Å²) in [5.41, 5.74) is 2.48. The number of carbonyl (C=O) groups excluding carboxylic acids is 2. The number of nitrogens with zero attached hydrogens (tertiary/aromatic N) is 2. The maximum absolute atomic E-state index is 13.5. The zero-order valence-electron chi connectivity index (χ0n) is 21.3. The van der Waals surface area contributed by atoms with Crippen molar-refractivity contribution in [3.63, 3.8) is 0 Å². The average molecular weight is 524 g/mol. The molecular formula is C28H33N3O5S. The van der Waals surface area contributed by atoms with Crippen LogP contribution in [0.3, 0.4) is 0 Å². The van der Waals surface area contributed by atoms with Crippen molar-refractivity contribution in [2.45, 2.75) is 32.6 Å². The molecule has 37 heavy (non-hydrogen) atoms. The molecule has 8 nitrogen and oxygen atoms in total. The minimum atomic E-state index is -3.69. The van der Waals surface area contributed by atoms with Crippen LogP contribution in [-0.2, 0) is 39.2 Å². The van der Waals surface area contributed by atoms with Gasteiger partial charge in [0.25, 0.3) is 0 Å². The second-order valence-electron chi connectivity index (χ2n) is 8.77. The number of hydrogen-bond donors (Lipinski definition) is 1. The van der Waals surface area contributed by atoms with Gasteiger partial charge in [0, 0.05) is 19.6 Å². The molecule has 0 fully saturated rings. The zero-order chi connectivity index (χ0) is 26.8. The van der Waals surface area contributed by atoms with Crippen LogP contribution >= 0.6 is 0 Å². The fraction of sp³-hybridized carbons (Fsp3) is 0.286. The van der Waals surface area contributed by atoms with Crippen molar-refractivity contribution in [1.29, 1.82) is 0 Å². The van der Waals surface area contributed by atoms with E-state index in [9.17, 15) is 18.0 Å². The first-order valence-electron chi connectivity index (χ1n) is 11.9. The molecule has 0 aliphatic carbocycles. The Labute approximate surface area is 218 Å². The highest BCUT2D eigenvalue weighted by Gasteiger charge is 2.29. The number of nitrogens with one attached hydrogen (secondary N) is 1. The largest absolute Gasteiger partial charge is 0.497 e. The summed E-state index contributed by atoms with van der Waals surface area (Å²) in [5.74, 6) is -0.0830. The lowest BCUT2D eigenvalue weighted by Gasteiger charge is -2.31. The quantitative estimate of drug-likeness (QED) is 0.393. The minimum absolute atomic E-state index is 0.0582. The fourth-order valence-corrected chi connectivity index (χ4v) is 4.49. The highest BCUT2D eigenvalue weighted by atomic mass is 32.2. The van der Waals surface area contributed by atoms with Crippen LogP contribution in [0.2, 0.25) is 0 Å². The van der Waals surface area contributed by atoms with Gasteiger partial charge in [0.2, 0.25) is 21.8 Å². The molecule has 0 unspecified atom stereocenters. The lowest BCUT2D eigenvalue weighted by atomic mass is 10.1. The molecule has 9 heteroatoms. The van der Waals surface area contributed by atoms with Gasteiger partial charge >= 0.3 is 0 Å². The number of benzene rings is 3. The minimum Gasteiger partial charge on any atom is -0.497 e. The lowest BCUT2D eigenvalue weighted by molar-refractivity contribution is -0.140. The van der Waals surface area contributed by atoms with E-state index in [0.29, 0.717) is 5.75 Å². The molecule has 0 heterocycles. The van der Waals surface area contributed by atoms with Gasteiger partial charge in [-0.25, -0.2) is 8.42 Å². The molecule has 0 radical (unpaired) electrons. The summed E-state index contributed by atoms with van der Waals surface area (Å²) in [7, 11) is -2.10. The van der Waals surface area contributed by atoms with Gasteiger partial charge in [0.15, 0.2) is 0 Å². The normalized spacial score (nSPS) is 12.1. The van der Waals surface area contributed by atoms with Crippen molar-refractivity contribution in [1.82, 2.24) is 14.5 Å². The van der Waals surface area contributed by atoms with Gasteiger partial charge in [0.05, 0.1) is 19.9 Å². The van der Waals surface area contributed by atoms with E-state index in [4.69, 9.17) is 4.74 Å². The van der Waals surface area contributed by atoms with Crippen molar-refractivity contribution in [3.05, 3.63) is 102 Å². The Bertz CT molecular complexity index is 1270. The SMILES string of the molecule is COc1ccc(CNC(=O)[C@H](C)N(Cc2ccccc2)C(=O)CN(Cc2ccccc2)S(C)(=O)=O)cc1. The molecule has 0 saturated carbocycles. The van der Waals surface area contributed by atoms with Crippen molar-refractivity contribution < 1.29 is 22.7 Å². The van der Waals surface area contributed by atoms with E-state index in [0.717, 1.165) is 27.3 Å². The Morgan fingerprint density at radius 3 is 1.89 bits per heavy atom. The molecule has 3 aromatic rings. The fourth-order valence-electron chi connectivity index (χ4n) is 3.76. The summed E-state index contributed by atoms with van der Waals surface area (Å²) in [6.45, 7) is 1.77. The molecule has 196 valence electrons. The Balaban J connectivity index is 1.77. The van der Waals surface area contributed by atoms with Crippen LogP contribution in [0.5, 0.6) is 5.75 Å². The van der Waals surface area contributed by atoms with Crippen molar-refractivity contribution in [2.24, 2.45) is 0 Å². The number of carbonyl (C=O) groups is 2. The molecule has 0 bridgehead atoms. The van der Waals surface area contributed by atoms with Crippen LogP contribution in [0.15, 0.2) is 84.9 Å². The first-order chi connectivity index (χ1) is 17.7. The Kier molecular flexibility index (Phi) is 9.82. The number of sulfonamides is 1. The smallest absolute Gasteiger partial charge is 0.242 e. The van der Waals surface area contributed by atoms with Gasteiger partial charge in [-0.2, -0.15) is 4.31 Å². The highest BCUT2D eigenvalue weighted by molar-refractivity contribution is 7.88. The van der Waals surface area contributed by atoms with Gasteiger partial charge in [0.1, 0.15) is 11.8 Å². The van der Waals surface area contributed by atoms with Gasteiger partial charge in [-0.05, 0) is 35.7 Å². The van der Waals surface area contributed by atoms with Crippen molar-refractivity contribution >= 4 is 21.8 Å². The Hall–Kier alpha value is -3.69. The molecular weight excluding hydrogens is 490 g/mol. The van der Waals surface area contributed by atoms with Crippen molar-refractivity contribution in [2.75, 3.05) is 19.9 Å². The predicted octanol–water partition coefficient (Wildman–Crippen LogP) is 3.19. The molecule has 3 rings (SSSR count). The summed E-state index contributed by atoms with van der Waals surface area (Å²) < 4.78 is 31.3. The summed E-state index contributed by atoms with van der Waals surface area (Å²) in [6, 6.07) is 24.9. The lowest BCUT2D eigenvalue weighted by Crippen LogP contribution is -2.50. The number of ether oxygens (including phenoxy) is 1.